The number of carbonyl (C=O) groups excluding carboxylic acids is 1. The number of rotatable bonds is 5. The highest BCUT2D eigenvalue weighted by molar-refractivity contribution is 7.91. The Morgan fingerprint density at radius 1 is 1.30 bits per heavy atom. The predicted molar refractivity (Wildman–Crippen MR) is 76.0 cm³/mol. The van der Waals surface area contributed by atoms with E-state index in [0.717, 1.165) is 0 Å². The molecule has 1 aliphatic heterocycles. The zero-order valence-corrected chi connectivity index (χ0v) is 12.7. The van der Waals surface area contributed by atoms with Gasteiger partial charge in [0.1, 0.15) is 4.21 Å². The summed E-state index contributed by atoms with van der Waals surface area (Å²) in [4.78, 5) is 13.5. The lowest BCUT2D eigenvalue weighted by Gasteiger charge is -2.33. The van der Waals surface area contributed by atoms with Crippen LogP contribution in [0.1, 0.15) is 12.8 Å². The zero-order valence-electron chi connectivity index (χ0n) is 11.1. The van der Waals surface area contributed by atoms with E-state index >= 15 is 0 Å². The molecule has 1 aromatic heterocycles. The second-order valence-electron chi connectivity index (χ2n) is 4.54. The molecular formula is C12H18N2O4S2. The van der Waals surface area contributed by atoms with E-state index in [9.17, 15) is 13.2 Å². The van der Waals surface area contributed by atoms with Crippen molar-refractivity contribution < 1.29 is 18.3 Å². The molecule has 1 saturated heterocycles. The Morgan fingerprint density at radius 3 is 2.55 bits per heavy atom. The molecule has 1 aliphatic rings. The lowest BCUT2D eigenvalue weighted by molar-refractivity contribution is -0.132. The van der Waals surface area contributed by atoms with E-state index in [-0.39, 0.29) is 12.5 Å². The van der Waals surface area contributed by atoms with Crippen molar-refractivity contribution in [3.05, 3.63) is 17.5 Å². The maximum absolute atomic E-state index is 12.3. The van der Waals surface area contributed by atoms with Crippen molar-refractivity contribution >= 4 is 27.3 Å². The lowest BCUT2D eigenvalue weighted by Crippen LogP contribution is -2.50. The third kappa shape index (κ3) is 3.38. The van der Waals surface area contributed by atoms with Crippen LogP contribution in [-0.4, -0.2) is 61.4 Å². The van der Waals surface area contributed by atoms with Crippen molar-refractivity contribution in [2.45, 2.75) is 17.1 Å². The first-order valence-corrected chi connectivity index (χ1v) is 8.80. The minimum Gasteiger partial charge on any atom is -0.396 e. The highest BCUT2D eigenvalue weighted by Crippen LogP contribution is 2.22. The summed E-state index contributed by atoms with van der Waals surface area (Å²) < 4.78 is 26.4. The van der Waals surface area contributed by atoms with Gasteiger partial charge in [-0.2, -0.15) is 4.31 Å². The Hall–Kier alpha value is -0.960. The van der Waals surface area contributed by atoms with E-state index in [2.05, 4.69) is 0 Å². The van der Waals surface area contributed by atoms with Crippen molar-refractivity contribution in [2.24, 2.45) is 0 Å². The van der Waals surface area contributed by atoms with E-state index < -0.39 is 10.0 Å². The number of carbonyl (C=O) groups is 1. The summed E-state index contributed by atoms with van der Waals surface area (Å²) in [6, 6.07) is 3.31. The second-order valence-corrected chi connectivity index (χ2v) is 7.66. The van der Waals surface area contributed by atoms with Crippen LogP contribution in [0.4, 0.5) is 0 Å². The molecule has 6 nitrogen and oxygen atoms in total. The van der Waals surface area contributed by atoms with Gasteiger partial charge in [-0.05, 0) is 17.9 Å². The second kappa shape index (κ2) is 6.66. The molecule has 0 saturated carbocycles. The normalized spacial score (nSPS) is 17.4. The van der Waals surface area contributed by atoms with Crippen LogP contribution in [0, 0.1) is 0 Å². The van der Waals surface area contributed by atoms with Gasteiger partial charge in [0.2, 0.25) is 5.91 Å². The molecule has 0 unspecified atom stereocenters. The first kappa shape index (κ1) is 15.4. The van der Waals surface area contributed by atoms with Crippen molar-refractivity contribution in [2.75, 3.05) is 32.8 Å². The third-order valence-corrected chi connectivity index (χ3v) is 6.50. The first-order chi connectivity index (χ1) is 9.55. The van der Waals surface area contributed by atoms with Gasteiger partial charge in [-0.15, -0.1) is 11.3 Å². The van der Waals surface area contributed by atoms with Crippen LogP contribution in [0.25, 0.3) is 0 Å². The fraction of sp³-hybridized carbons (Fsp3) is 0.583. The summed E-state index contributed by atoms with van der Waals surface area (Å²) in [5.41, 5.74) is 0. The molecule has 0 spiro atoms. The van der Waals surface area contributed by atoms with E-state index in [1.54, 1.807) is 22.4 Å². The van der Waals surface area contributed by atoms with Crippen LogP contribution in [0.15, 0.2) is 21.7 Å². The highest BCUT2D eigenvalue weighted by atomic mass is 32.2. The fourth-order valence-corrected chi connectivity index (χ4v) is 4.67. The van der Waals surface area contributed by atoms with Crippen LogP contribution in [0.3, 0.4) is 0 Å². The zero-order chi connectivity index (χ0) is 14.6. The van der Waals surface area contributed by atoms with Crippen LogP contribution in [0.2, 0.25) is 0 Å². The Bertz CT molecular complexity index is 534. The number of hydrogen-bond acceptors (Lipinski definition) is 5. The Labute approximate surface area is 122 Å². The Morgan fingerprint density at radius 2 is 2.00 bits per heavy atom. The summed E-state index contributed by atoms with van der Waals surface area (Å²) in [6.45, 7) is 1.47. The maximum atomic E-state index is 12.3. The van der Waals surface area contributed by atoms with E-state index in [1.165, 1.54) is 15.6 Å². The average molecular weight is 318 g/mol. The number of thiophene rings is 1. The van der Waals surface area contributed by atoms with E-state index in [4.69, 9.17) is 5.11 Å². The van der Waals surface area contributed by atoms with Crippen LogP contribution in [-0.2, 0) is 14.8 Å². The predicted octanol–water partition coefficient (Wildman–Crippen LogP) is 0.353. The number of hydrogen-bond donors (Lipinski definition) is 1. The quantitative estimate of drug-likeness (QED) is 0.850. The number of aliphatic hydroxyl groups excluding tert-OH is 1. The van der Waals surface area contributed by atoms with Gasteiger partial charge < -0.3 is 10.0 Å². The number of amides is 1. The standard InChI is InChI=1S/C12H18N2O4S2/c15-9-1-3-11(16)13-5-7-14(8-6-13)20(17,18)12-4-2-10-19-12/h2,4,10,15H,1,3,5-9H2. The lowest BCUT2D eigenvalue weighted by atomic mass is 10.2. The molecule has 8 heteroatoms. The maximum Gasteiger partial charge on any atom is 0.252 e. The molecule has 1 fully saturated rings. The van der Waals surface area contributed by atoms with Crippen LogP contribution in [0.5, 0.6) is 0 Å². The molecular weight excluding hydrogens is 300 g/mol. The van der Waals surface area contributed by atoms with E-state index in [0.29, 0.717) is 43.2 Å². The van der Waals surface area contributed by atoms with Crippen LogP contribution >= 0.6 is 11.3 Å². The monoisotopic (exact) mass is 318 g/mol. The van der Waals surface area contributed by atoms with Crippen molar-refractivity contribution in [3.63, 3.8) is 0 Å². The largest absolute Gasteiger partial charge is 0.396 e. The Kier molecular flexibility index (Phi) is 5.14. The number of aliphatic hydroxyl groups is 1. The molecule has 1 N–H and O–H groups in total. The SMILES string of the molecule is O=C(CCCO)N1CCN(S(=O)(=O)c2cccs2)CC1. The summed E-state index contributed by atoms with van der Waals surface area (Å²) in [7, 11) is -3.41. The molecule has 2 rings (SSSR count). The molecule has 1 aromatic rings. The van der Waals surface area contributed by atoms with E-state index in [1.807, 2.05) is 0 Å². The molecule has 0 radical (unpaired) electrons. The van der Waals surface area contributed by atoms with Crippen molar-refractivity contribution in [1.29, 1.82) is 0 Å². The summed E-state index contributed by atoms with van der Waals surface area (Å²) in [5, 5.41) is 10.4. The minimum absolute atomic E-state index is 0.00153. The van der Waals surface area contributed by atoms with Gasteiger partial charge in [0.15, 0.2) is 0 Å². The van der Waals surface area contributed by atoms with Gasteiger partial charge in [-0.25, -0.2) is 8.42 Å². The van der Waals surface area contributed by atoms with Crippen molar-refractivity contribution in [1.82, 2.24) is 9.21 Å². The van der Waals surface area contributed by atoms with Gasteiger partial charge in [-0.1, -0.05) is 6.07 Å². The molecule has 1 amide bonds. The van der Waals surface area contributed by atoms with Gasteiger partial charge >= 0.3 is 0 Å². The molecule has 0 aliphatic carbocycles. The number of sulfonamides is 1. The topological polar surface area (TPSA) is 77.9 Å². The average Bonchev–Trinajstić information content (AvgIpc) is 3.00. The highest BCUT2D eigenvalue weighted by Gasteiger charge is 2.30. The molecule has 2 heterocycles. The van der Waals surface area contributed by atoms with Crippen LogP contribution < -0.4 is 0 Å². The third-order valence-electron chi connectivity index (χ3n) is 3.23. The fourth-order valence-electron chi connectivity index (χ4n) is 2.10. The summed E-state index contributed by atoms with van der Waals surface area (Å²) in [5.74, 6) is -0.0211. The summed E-state index contributed by atoms with van der Waals surface area (Å²) in [6.07, 6.45) is 0.765. The van der Waals surface area contributed by atoms with Gasteiger partial charge in [0.25, 0.3) is 10.0 Å². The molecule has 20 heavy (non-hydrogen) atoms. The first-order valence-electron chi connectivity index (χ1n) is 6.48. The van der Waals surface area contributed by atoms with Crippen molar-refractivity contribution in [3.8, 4) is 0 Å². The Balaban J connectivity index is 1.93. The number of piperazine rings is 1. The van der Waals surface area contributed by atoms with Gasteiger partial charge in [0.05, 0.1) is 0 Å². The number of nitrogens with zero attached hydrogens (tertiary/aromatic N) is 2. The molecule has 0 aromatic carbocycles. The molecule has 0 bridgehead atoms. The van der Waals surface area contributed by atoms with Gasteiger partial charge in [-0.3, -0.25) is 4.79 Å². The smallest absolute Gasteiger partial charge is 0.252 e. The molecule has 0 atom stereocenters. The van der Waals surface area contributed by atoms with Gasteiger partial charge in [0, 0.05) is 39.2 Å². The summed E-state index contributed by atoms with van der Waals surface area (Å²) >= 11 is 1.20. The molecule has 112 valence electrons. The minimum atomic E-state index is -3.41.